The summed E-state index contributed by atoms with van der Waals surface area (Å²) < 4.78 is 27.7. The average Bonchev–Trinajstić information content (AvgIpc) is 2.35. The summed E-state index contributed by atoms with van der Waals surface area (Å²) in [6.07, 6.45) is 0.146. The molecule has 2 rings (SSSR count). The van der Waals surface area contributed by atoms with Gasteiger partial charge in [0.25, 0.3) is 0 Å². The number of aliphatic hydroxyl groups excluding tert-OH is 1. The van der Waals surface area contributed by atoms with Crippen LogP contribution in [0.2, 0.25) is 0 Å². The van der Waals surface area contributed by atoms with Crippen LogP contribution >= 0.6 is 11.6 Å². The lowest BCUT2D eigenvalue weighted by molar-refractivity contribution is 0.0851. The van der Waals surface area contributed by atoms with Gasteiger partial charge in [0.1, 0.15) is 11.6 Å². The highest BCUT2D eigenvalue weighted by atomic mass is 35.5. The normalized spacial score (nSPS) is 19.7. The Balaban J connectivity index is 2.67. The summed E-state index contributed by atoms with van der Waals surface area (Å²) in [5, 5.41) is 10.1. The number of hydrogen-bond acceptors (Lipinski definition) is 3. The van der Waals surface area contributed by atoms with Crippen molar-refractivity contribution in [1.29, 1.82) is 0 Å². The third kappa shape index (κ3) is 2.31. The number of nitrogens with zero attached hydrogens (tertiary/aromatic N) is 1. The van der Waals surface area contributed by atoms with E-state index in [1.54, 1.807) is 6.92 Å². The van der Waals surface area contributed by atoms with E-state index in [9.17, 15) is 13.9 Å². The monoisotopic (exact) mass is 286 g/mol. The van der Waals surface area contributed by atoms with Gasteiger partial charge in [-0.15, -0.1) is 0 Å². The first kappa shape index (κ1) is 13.8. The molecule has 1 heterocycles. The van der Waals surface area contributed by atoms with E-state index in [0.717, 1.165) is 12.1 Å². The molecule has 19 heavy (non-hydrogen) atoms. The molecule has 0 bridgehead atoms. The van der Waals surface area contributed by atoms with E-state index < -0.39 is 17.9 Å². The van der Waals surface area contributed by atoms with E-state index in [2.05, 4.69) is 0 Å². The molecule has 1 aromatic carbocycles. The third-order valence-corrected chi connectivity index (χ3v) is 3.24. The van der Waals surface area contributed by atoms with Crippen molar-refractivity contribution in [2.45, 2.75) is 13.2 Å². The quantitative estimate of drug-likeness (QED) is 0.877. The molecule has 0 saturated heterocycles. The van der Waals surface area contributed by atoms with E-state index in [-0.39, 0.29) is 22.0 Å². The van der Waals surface area contributed by atoms with Gasteiger partial charge in [-0.25, -0.2) is 8.78 Å². The van der Waals surface area contributed by atoms with Gasteiger partial charge in [0.05, 0.1) is 22.0 Å². The maximum absolute atomic E-state index is 13.9. The highest BCUT2D eigenvalue weighted by molar-refractivity contribution is 6.30. The van der Waals surface area contributed by atoms with Crippen LogP contribution in [-0.4, -0.2) is 22.8 Å². The van der Waals surface area contributed by atoms with Crippen LogP contribution in [0.1, 0.15) is 12.5 Å². The third-order valence-electron chi connectivity index (χ3n) is 2.94. The molecule has 1 aromatic rings. The zero-order valence-electron chi connectivity index (χ0n) is 10.2. The Morgan fingerprint density at radius 2 is 1.95 bits per heavy atom. The minimum Gasteiger partial charge on any atom is -0.397 e. The number of rotatable bonds is 2. The molecule has 102 valence electrons. The number of likely N-dealkylation sites (N-methyl/N-ethyl adjacent to an activating group) is 1. The standard InChI is InChI=1S/C13H13ClF2N2O/c1-2-18-12(10(17)6-7(14)13(18)19)11-8(15)4-3-5-9(11)16/h3-6,13,19H,2,17H2,1H3. The van der Waals surface area contributed by atoms with Crippen LogP contribution in [0.4, 0.5) is 8.78 Å². The van der Waals surface area contributed by atoms with E-state index in [1.807, 2.05) is 0 Å². The van der Waals surface area contributed by atoms with Gasteiger partial charge in [0.15, 0.2) is 6.23 Å². The van der Waals surface area contributed by atoms with Crippen LogP contribution < -0.4 is 5.73 Å². The molecular weight excluding hydrogens is 274 g/mol. The lowest BCUT2D eigenvalue weighted by atomic mass is 10.0. The fourth-order valence-electron chi connectivity index (χ4n) is 2.07. The molecule has 1 unspecified atom stereocenters. The number of hydrogen-bond donors (Lipinski definition) is 2. The van der Waals surface area contributed by atoms with Crippen LogP contribution in [0.25, 0.3) is 5.70 Å². The van der Waals surface area contributed by atoms with Crippen molar-refractivity contribution in [3.05, 3.63) is 52.2 Å². The molecule has 3 N–H and O–H groups in total. The molecule has 1 atom stereocenters. The smallest absolute Gasteiger partial charge is 0.164 e. The van der Waals surface area contributed by atoms with Crippen LogP contribution in [-0.2, 0) is 0 Å². The molecule has 0 saturated carbocycles. The second kappa shape index (κ2) is 5.19. The Morgan fingerprint density at radius 3 is 2.47 bits per heavy atom. The molecule has 0 spiro atoms. The van der Waals surface area contributed by atoms with Crippen molar-refractivity contribution in [2.24, 2.45) is 5.73 Å². The Morgan fingerprint density at radius 1 is 1.37 bits per heavy atom. The Bertz CT molecular complexity index is 552. The summed E-state index contributed by atoms with van der Waals surface area (Å²) >= 11 is 5.84. The summed E-state index contributed by atoms with van der Waals surface area (Å²) in [5.74, 6) is -1.48. The molecule has 0 aliphatic carbocycles. The zero-order chi connectivity index (χ0) is 14.2. The van der Waals surface area contributed by atoms with E-state index in [0.29, 0.717) is 6.54 Å². The van der Waals surface area contributed by atoms with Gasteiger partial charge in [0, 0.05) is 6.54 Å². The van der Waals surface area contributed by atoms with Crippen molar-refractivity contribution in [3.8, 4) is 0 Å². The fourth-order valence-corrected chi connectivity index (χ4v) is 2.31. The summed E-state index contributed by atoms with van der Waals surface area (Å²) in [4.78, 5) is 1.35. The summed E-state index contributed by atoms with van der Waals surface area (Å²) in [6, 6.07) is 3.54. The summed E-state index contributed by atoms with van der Waals surface area (Å²) in [7, 11) is 0. The van der Waals surface area contributed by atoms with Crippen molar-refractivity contribution in [1.82, 2.24) is 4.90 Å². The van der Waals surface area contributed by atoms with Crippen molar-refractivity contribution in [3.63, 3.8) is 0 Å². The topological polar surface area (TPSA) is 49.5 Å². The van der Waals surface area contributed by atoms with Gasteiger partial charge in [-0.1, -0.05) is 17.7 Å². The maximum atomic E-state index is 13.9. The lowest BCUT2D eigenvalue weighted by Crippen LogP contribution is -2.38. The predicted molar refractivity (Wildman–Crippen MR) is 69.8 cm³/mol. The number of benzene rings is 1. The van der Waals surface area contributed by atoms with Crippen LogP contribution in [0.15, 0.2) is 35.0 Å². The zero-order valence-corrected chi connectivity index (χ0v) is 11.0. The second-order valence-electron chi connectivity index (χ2n) is 4.09. The minimum atomic E-state index is -1.16. The van der Waals surface area contributed by atoms with Gasteiger partial charge in [0.2, 0.25) is 0 Å². The number of halogens is 3. The van der Waals surface area contributed by atoms with Gasteiger partial charge in [-0.2, -0.15) is 0 Å². The highest BCUT2D eigenvalue weighted by Gasteiger charge is 2.30. The summed E-state index contributed by atoms with van der Waals surface area (Å²) in [5.41, 5.74) is 5.76. The van der Waals surface area contributed by atoms with Crippen LogP contribution in [0.5, 0.6) is 0 Å². The minimum absolute atomic E-state index is 0.106. The van der Waals surface area contributed by atoms with E-state index >= 15 is 0 Å². The molecule has 1 aliphatic rings. The first-order valence-electron chi connectivity index (χ1n) is 5.73. The first-order chi connectivity index (χ1) is 8.97. The predicted octanol–water partition coefficient (Wildman–Crippen LogP) is 2.37. The molecule has 6 heteroatoms. The van der Waals surface area contributed by atoms with Gasteiger partial charge < -0.3 is 15.7 Å². The molecule has 0 amide bonds. The van der Waals surface area contributed by atoms with Crippen molar-refractivity contribution >= 4 is 17.3 Å². The summed E-state index contributed by atoms with van der Waals surface area (Å²) in [6.45, 7) is 2.03. The van der Waals surface area contributed by atoms with Crippen LogP contribution in [0, 0.1) is 11.6 Å². The molecule has 3 nitrogen and oxygen atoms in total. The van der Waals surface area contributed by atoms with Crippen molar-refractivity contribution < 1.29 is 13.9 Å². The first-order valence-corrected chi connectivity index (χ1v) is 6.11. The fraction of sp³-hybridized carbons (Fsp3) is 0.231. The average molecular weight is 287 g/mol. The molecule has 0 aromatic heterocycles. The Hall–Kier alpha value is -1.59. The molecular formula is C13H13ClF2N2O. The van der Waals surface area contributed by atoms with Gasteiger partial charge >= 0.3 is 0 Å². The number of aliphatic hydroxyl groups is 1. The highest BCUT2D eigenvalue weighted by Crippen LogP contribution is 2.34. The second-order valence-corrected chi connectivity index (χ2v) is 4.53. The number of allylic oxidation sites excluding steroid dienone is 1. The Labute approximate surface area is 114 Å². The van der Waals surface area contributed by atoms with Gasteiger partial charge in [-0.3, -0.25) is 0 Å². The lowest BCUT2D eigenvalue weighted by Gasteiger charge is -2.35. The number of nitrogens with two attached hydrogens (primary N) is 1. The Kier molecular flexibility index (Phi) is 3.78. The molecule has 0 fully saturated rings. The largest absolute Gasteiger partial charge is 0.397 e. The van der Waals surface area contributed by atoms with Crippen LogP contribution in [0.3, 0.4) is 0 Å². The van der Waals surface area contributed by atoms with Gasteiger partial charge in [-0.05, 0) is 25.1 Å². The maximum Gasteiger partial charge on any atom is 0.164 e. The SMILES string of the molecule is CCN1C(c2c(F)cccc2F)=C(N)C=C(Cl)C1O. The van der Waals surface area contributed by atoms with Crippen molar-refractivity contribution in [2.75, 3.05) is 6.54 Å². The molecule has 0 radical (unpaired) electrons. The van der Waals surface area contributed by atoms with E-state index in [1.165, 1.54) is 17.0 Å². The molecule has 1 aliphatic heterocycles. The van der Waals surface area contributed by atoms with E-state index in [4.69, 9.17) is 17.3 Å².